The minimum atomic E-state index is -3.82. The molecule has 0 aliphatic rings. The highest BCUT2D eigenvalue weighted by Crippen LogP contribution is 2.30. The van der Waals surface area contributed by atoms with Crippen LogP contribution in [0.4, 0.5) is 5.88 Å². The smallest absolute Gasteiger partial charge is 0.264 e. The molecule has 1 heterocycles. The van der Waals surface area contributed by atoms with Gasteiger partial charge >= 0.3 is 0 Å². The lowest BCUT2D eigenvalue weighted by atomic mass is 10.1. The second-order valence-electron chi connectivity index (χ2n) is 5.09. The third-order valence-electron chi connectivity index (χ3n) is 3.40. The van der Waals surface area contributed by atoms with Gasteiger partial charge in [0.1, 0.15) is 5.75 Å². The number of nitrogens with one attached hydrogen (secondary N) is 1. The number of hydrogen-bond acceptors (Lipinski definition) is 5. The maximum atomic E-state index is 12.5. The Bertz CT molecular complexity index is 951. The van der Waals surface area contributed by atoms with E-state index in [0.717, 1.165) is 5.56 Å². The molecule has 0 bridgehead atoms. The lowest BCUT2D eigenvalue weighted by molar-refractivity contribution is 0.340. The second-order valence-corrected chi connectivity index (χ2v) is 7.20. The highest BCUT2D eigenvalue weighted by Gasteiger charge is 2.20. The van der Waals surface area contributed by atoms with Gasteiger partial charge in [0, 0.05) is 5.02 Å². The number of anilines is 1. The van der Waals surface area contributed by atoms with E-state index >= 15 is 0 Å². The molecule has 0 fully saturated rings. The Labute approximate surface area is 150 Å². The number of benzene rings is 2. The summed E-state index contributed by atoms with van der Waals surface area (Å²) in [6.45, 7) is 2.36. The molecule has 2 aromatic carbocycles. The Morgan fingerprint density at radius 2 is 1.80 bits per heavy atom. The monoisotopic (exact) mass is 378 g/mol. The molecule has 0 radical (unpaired) electrons. The highest BCUT2D eigenvalue weighted by atomic mass is 35.5. The molecule has 25 heavy (non-hydrogen) atoms. The second kappa shape index (κ2) is 7.16. The van der Waals surface area contributed by atoms with Gasteiger partial charge in [-0.1, -0.05) is 28.9 Å². The van der Waals surface area contributed by atoms with Gasteiger partial charge in [-0.25, -0.2) is 13.1 Å². The largest absolute Gasteiger partial charge is 0.494 e. The number of ether oxygens (including phenoxy) is 1. The molecule has 0 saturated heterocycles. The summed E-state index contributed by atoms with van der Waals surface area (Å²) in [4.78, 5) is 0.0920. The quantitative estimate of drug-likeness (QED) is 0.695. The van der Waals surface area contributed by atoms with Crippen molar-refractivity contribution in [3.8, 4) is 16.9 Å². The Hall–Kier alpha value is -2.51. The Kier molecular flexibility index (Phi) is 4.96. The van der Waals surface area contributed by atoms with Gasteiger partial charge in [-0.15, -0.1) is 0 Å². The lowest BCUT2D eigenvalue weighted by Crippen LogP contribution is -2.13. The number of halogens is 1. The fourth-order valence-corrected chi connectivity index (χ4v) is 3.34. The predicted molar refractivity (Wildman–Crippen MR) is 95.4 cm³/mol. The number of hydrogen-bond donors (Lipinski definition) is 1. The number of aromatic nitrogens is 1. The average molecular weight is 379 g/mol. The molecule has 0 atom stereocenters. The van der Waals surface area contributed by atoms with Crippen molar-refractivity contribution in [3.05, 3.63) is 59.8 Å². The van der Waals surface area contributed by atoms with Crippen molar-refractivity contribution >= 4 is 27.5 Å². The van der Waals surface area contributed by atoms with Gasteiger partial charge in [0.05, 0.1) is 23.3 Å². The fourth-order valence-electron chi connectivity index (χ4n) is 2.21. The van der Waals surface area contributed by atoms with Crippen molar-refractivity contribution < 1.29 is 17.7 Å². The number of sulfonamides is 1. The van der Waals surface area contributed by atoms with E-state index in [9.17, 15) is 8.42 Å². The zero-order chi connectivity index (χ0) is 17.9. The molecule has 3 rings (SSSR count). The zero-order valence-corrected chi connectivity index (χ0v) is 14.8. The fraction of sp³-hybridized carbons (Fsp3) is 0.118. The molecule has 0 aliphatic carbocycles. The molecule has 130 valence electrons. The number of nitrogens with zero attached hydrogens (tertiary/aromatic N) is 1. The summed E-state index contributed by atoms with van der Waals surface area (Å²) in [6.07, 6.45) is 1.44. The molecule has 0 amide bonds. The van der Waals surface area contributed by atoms with Crippen LogP contribution in [0.15, 0.2) is 64.1 Å². The summed E-state index contributed by atoms with van der Waals surface area (Å²) in [5.41, 5.74) is 1.25. The van der Waals surface area contributed by atoms with Gasteiger partial charge in [-0.05, 0) is 48.9 Å². The zero-order valence-electron chi connectivity index (χ0n) is 13.3. The van der Waals surface area contributed by atoms with Crippen LogP contribution in [0.25, 0.3) is 11.1 Å². The molecule has 0 unspecified atom stereocenters. The van der Waals surface area contributed by atoms with Crippen LogP contribution in [0.1, 0.15) is 6.92 Å². The summed E-state index contributed by atoms with van der Waals surface area (Å²) in [6, 6.07) is 13.0. The third-order valence-corrected chi connectivity index (χ3v) is 5.00. The molecule has 0 aliphatic heterocycles. The minimum Gasteiger partial charge on any atom is -0.494 e. The van der Waals surface area contributed by atoms with Crippen molar-refractivity contribution in [2.24, 2.45) is 0 Å². The van der Waals surface area contributed by atoms with E-state index in [1.165, 1.54) is 18.3 Å². The first-order valence-corrected chi connectivity index (χ1v) is 9.32. The summed E-state index contributed by atoms with van der Waals surface area (Å²) in [7, 11) is -3.82. The first kappa shape index (κ1) is 17.3. The predicted octanol–water partition coefficient (Wildman–Crippen LogP) is 4.19. The van der Waals surface area contributed by atoms with Crippen LogP contribution >= 0.6 is 11.6 Å². The Morgan fingerprint density at radius 1 is 1.12 bits per heavy atom. The maximum Gasteiger partial charge on any atom is 0.264 e. The normalized spacial score (nSPS) is 11.3. The average Bonchev–Trinajstić information content (AvgIpc) is 3.04. The standard InChI is InChI=1S/C17H15ClN2O4S/c1-2-23-14-7-9-15(10-8-14)25(21,22)20-17-16(11-19-24-17)12-3-5-13(18)6-4-12/h3-11,20H,2H2,1H3. The highest BCUT2D eigenvalue weighted by molar-refractivity contribution is 7.92. The van der Waals surface area contributed by atoms with Crippen molar-refractivity contribution in [2.45, 2.75) is 11.8 Å². The van der Waals surface area contributed by atoms with Gasteiger partial charge in [0.2, 0.25) is 5.88 Å². The van der Waals surface area contributed by atoms with Crippen LogP contribution in [0.2, 0.25) is 5.02 Å². The Balaban J connectivity index is 1.87. The van der Waals surface area contributed by atoms with Gasteiger partial charge in [0.15, 0.2) is 0 Å². The van der Waals surface area contributed by atoms with Crippen LogP contribution in [-0.2, 0) is 10.0 Å². The van der Waals surface area contributed by atoms with E-state index in [1.54, 1.807) is 36.4 Å². The molecule has 0 spiro atoms. The van der Waals surface area contributed by atoms with Gasteiger partial charge in [-0.2, -0.15) is 0 Å². The minimum absolute atomic E-state index is 0.0382. The van der Waals surface area contributed by atoms with E-state index < -0.39 is 10.0 Å². The lowest BCUT2D eigenvalue weighted by Gasteiger charge is -2.08. The SMILES string of the molecule is CCOc1ccc(S(=O)(=O)Nc2oncc2-c2ccc(Cl)cc2)cc1. The van der Waals surface area contributed by atoms with E-state index in [4.69, 9.17) is 20.9 Å². The van der Waals surface area contributed by atoms with Gasteiger partial charge in [-0.3, -0.25) is 0 Å². The third kappa shape index (κ3) is 3.94. The molecule has 8 heteroatoms. The topological polar surface area (TPSA) is 81.4 Å². The van der Waals surface area contributed by atoms with E-state index in [-0.39, 0.29) is 10.8 Å². The van der Waals surface area contributed by atoms with E-state index in [1.807, 2.05) is 6.92 Å². The van der Waals surface area contributed by atoms with Crippen molar-refractivity contribution in [1.29, 1.82) is 0 Å². The molecular weight excluding hydrogens is 364 g/mol. The van der Waals surface area contributed by atoms with E-state index in [2.05, 4.69) is 9.88 Å². The van der Waals surface area contributed by atoms with Crippen LogP contribution < -0.4 is 9.46 Å². The van der Waals surface area contributed by atoms with Crippen LogP contribution in [-0.4, -0.2) is 20.2 Å². The summed E-state index contributed by atoms with van der Waals surface area (Å²) in [5.74, 6) is 0.638. The van der Waals surface area contributed by atoms with Gasteiger partial charge < -0.3 is 9.26 Å². The first-order chi connectivity index (χ1) is 12.0. The molecule has 1 N–H and O–H groups in total. The first-order valence-electron chi connectivity index (χ1n) is 7.46. The van der Waals surface area contributed by atoms with Gasteiger partial charge in [0.25, 0.3) is 10.0 Å². The van der Waals surface area contributed by atoms with Crippen LogP contribution in [0.3, 0.4) is 0 Å². The van der Waals surface area contributed by atoms with E-state index in [0.29, 0.717) is 22.9 Å². The Morgan fingerprint density at radius 3 is 2.44 bits per heavy atom. The van der Waals surface area contributed by atoms with Crippen molar-refractivity contribution in [2.75, 3.05) is 11.3 Å². The van der Waals surface area contributed by atoms with Crippen LogP contribution in [0.5, 0.6) is 5.75 Å². The molecule has 6 nitrogen and oxygen atoms in total. The molecule has 3 aromatic rings. The summed E-state index contributed by atoms with van der Waals surface area (Å²) >= 11 is 5.87. The van der Waals surface area contributed by atoms with Crippen molar-refractivity contribution in [3.63, 3.8) is 0 Å². The maximum absolute atomic E-state index is 12.5. The van der Waals surface area contributed by atoms with Crippen molar-refractivity contribution in [1.82, 2.24) is 5.16 Å². The summed E-state index contributed by atoms with van der Waals surface area (Å²) < 4.78 is 37.9. The molecule has 0 saturated carbocycles. The number of rotatable bonds is 6. The van der Waals surface area contributed by atoms with Crippen LogP contribution in [0, 0.1) is 0 Å². The molecular formula is C17H15ClN2O4S. The molecule has 1 aromatic heterocycles. The summed E-state index contributed by atoms with van der Waals surface area (Å²) in [5, 5.41) is 4.26.